The van der Waals surface area contributed by atoms with E-state index in [1.165, 1.54) is 0 Å². The molecule has 2 aromatic carbocycles. The number of hydrogen-bond donors (Lipinski definition) is 0. The standard InChI is InChI=1S/C24H22N4O4/c1-30-15-21-26-23(27-32-21)17-6-8-18(9-7-17)31-19-11-13-28(14-19)24(29)22-20-5-3-2-4-16(20)10-12-25-22/h2-10,12,19H,11,13-15H2,1H3. The molecule has 162 valence electrons. The quantitative estimate of drug-likeness (QED) is 0.460. The Bertz CT molecular complexity index is 1230. The van der Waals surface area contributed by atoms with Crippen LogP contribution in [-0.4, -0.2) is 52.2 Å². The summed E-state index contributed by atoms with van der Waals surface area (Å²) in [6, 6.07) is 17.2. The molecule has 4 aromatic rings. The van der Waals surface area contributed by atoms with Crippen LogP contribution in [0.2, 0.25) is 0 Å². The van der Waals surface area contributed by atoms with Gasteiger partial charge in [-0.05, 0) is 35.7 Å². The van der Waals surface area contributed by atoms with Crippen molar-refractivity contribution in [2.24, 2.45) is 0 Å². The molecular formula is C24H22N4O4. The van der Waals surface area contributed by atoms with Crippen molar-refractivity contribution in [1.82, 2.24) is 20.0 Å². The van der Waals surface area contributed by atoms with E-state index < -0.39 is 0 Å². The smallest absolute Gasteiger partial charge is 0.273 e. The third-order valence-electron chi connectivity index (χ3n) is 5.46. The van der Waals surface area contributed by atoms with Crippen LogP contribution in [0.4, 0.5) is 0 Å². The Labute approximate surface area is 184 Å². The van der Waals surface area contributed by atoms with Gasteiger partial charge in [0.25, 0.3) is 11.8 Å². The summed E-state index contributed by atoms with van der Waals surface area (Å²) in [4.78, 5) is 23.5. The second-order valence-corrected chi connectivity index (χ2v) is 7.63. The number of fused-ring (bicyclic) bond motifs is 1. The fraction of sp³-hybridized carbons (Fsp3) is 0.250. The van der Waals surface area contributed by atoms with Crippen molar-refractivity contribution >= 4 is 16.7 Å². The van der Waals surface area contributed by atoms with E-state index in [1.807, 2.05) is 59.5 Å². The van der Waals surface area contributed by atoms with E-state index in [0.717, 1.165) is 28.5 Å². The fourth-order valence-corrected chi connectivity index (χ4v) is 3.88. The van der Waals surface area contributed by atoms with E-state index in [2.05, 4.69) is 15.1 Å². The Morgan fingerprint density at radius 3 is 2.84 bits per heavy atom. The summed E-state index contributed by atoms with van der Waals surface area (Å²) in [5, 5.41) is 5.84. The maximum Gasteiger partial charge on any atom is 0.273 e. The Morgan fingerprint density at radius 1 is 1.16 bits per heavy atom. The number of nitrogens with zero attached hydrogens (tertiary/aromatic N) is 4. The van der Waals surface area contributed by atoms with Crippen LogP contribution in [0.15, 0.2) is 65.3 Å². The Balaban J connectivity index is 1.23. The molecule has 1 saturated heterocycles. The summed E-state index contributed by atoms with van der Waals surface area (Å²) in [6.45, 7) is 1.44. The third kappa shape index (κ3) is 4.04. The van der Waals surface area contributed by atoms with Crippen molar-refractivity contribution in [2.45, 2.75) is 19.1 Å². The number of carbonyl (C=O) groups excluding carboxylic acids is 1. The maximum absolute atomic E-state index is 13.1. The van der Waals surface area contributed by atoms with Gasteiger partial charge in [0.15, 0.2) is 0 Å². The Kier molecular flexibility index (Phi) is 5.51. The highest BCUT2D eigenvalue weighted by Crippen LogP contribution is 2.25. The maximum atomic E-state index is 13.1. The van der Waals surface area contributed by atoms with Crippen LogP contribution < -0.4 is 4.74 Å². The van der Waals surface area contributed by atoms with Gasteiger partial charge in [-0.25, -0.2) is 0 Å². The zero-order chi connectivity index (χ0) is 21.9. The second kappa shape index (κ2) is 8.76. The number of hydrogen-bond acceptors (Lipinski definition) is 7. The summed E-state index contributed by atoms with van der Waals surface area (Å²) in [7, 11) is 1.58. The lowest BCUT2D eigenvalue weighted by molar-refractivity contribution is 0.0769. The lowest BCUT2D eigenvalue weighted by atomic mass is 10.1. The highest BCUT2D eigenvalue weighted by atomic mass is 16.5. The van der Waals surface area contributed by atoms with Crippen LogP contribution in [0, 0.1) is 0 Å². The van der Waals surface area contributed by atoms with Crippen molar-refractivity contribution in [1.29, 1.82) is 0 Å². The molecule has 8 nitrogen and oxygen atoms in total. The molecule has 0 spiro atoms. The number of benzene rings is 2. The minimum Gasteiger partial charge on any atom is -0.489 e. The molecule has 3 heterocycles. The van der Waals surface area contributed by atoms with Gasteiger partial charge in [-0.2, -0.15) is 4.98 Å². The highest BCUT2D eigenvalue weighted by molar-refractivity contribution is 6.05. The Hall–Kier alpha value is -3.78. The zero-order valence-corrected chi connectivity index (χ0v) is 17.6. The average molecular weight is 430 g/mol. The number of amides is 1. The molecule has 5 rings (SSSR count). The number of rotatable bonds is 6. The molecule has 0 bridgehead atoms. The minimum absolute atomic E-state index is 0.0628. The molecule has 2 aromatic heterocycles. The SMILES string of the molecule is COCc1nc(-c2ccc(OC3CCN(C(=O)c4nccc5ccccc45)C3)cc2)no1. The molecule has 8 heteroatoms. The minimum atomic E-state index is -0.0711. The molecular weight excluding hydrogens is 408 g/mol. The van der Waals surface area contributed by atoms with Gasteiger partial charge in [-0.15, -0.1) is 0 Å². The van der Waals surface area contributed by atoms with Gasteiger partial charge in [0.1, 0.15) is 24.2 Å². The van der Waals surface area contributed by atoms with Gasteiger partial charge < -0.3 is 18.9 Å². The zero-order valence-electron chi connectivity index (χ0n) is 17.6. The third-order valence-corrected chi connectivity index (χ3v) is 5.46. The van der Waals surface area contributed by atoms with Crippen molar-refractivity contribution in [3.63, 3.8) is 0 Å². The van der Waals surface area contributed by atoms with Crippen LogP contribution in [0.25, 0.3) is 22.2 Å². The van der Waals surface area contributed by atoms with Crippen LogP contribution in [0.5, 0.6) is 5.75 Å². The second-order valence-electron chi connectivity index (χ2n) is 7.63. The van der Waals surface area contributed by atoms with Gasteiger partial charge in [-0.3, -0.25) is 9.78 Å². The molecule has 0 aliphatic carbocycles. The van der Waals surface area contributed by atoms with Gasteiger partial charge in [0.2, 0.25) is 5.82 Å². The highest BCUT2D eigenvalue weighted by Gasteiger charge is 2.29. The predicted molar refractivity (Wildman–Crippen MR) is 117 cm³/mol. The van der Waals surface area contributed by atoms with Crippen LogP contribution in [0.3, 0.4) is 0 Å². The number of methoxy groups -OCH3 is 1. The molecule has 1 aliphatic rings. The molecule has 1 atom stereocenters. The van der Waals surface area contributed by atoms with Crippen molar-refractivity contribution < 1.29 is 18.8 Å². The van der Waals surface area contributed by atoms with Crippen LogP contribution in [0.1, 0.15) is 22.8 Å². The van der Waals surface area contributed by atoms with E-state index in [-0.39, 0.29) is 18.6 Å². The number of carbonyl (C=O) groups is 1. The molecule has 1 aliphatic heterocycles. The molecule has 0 saturated carbocycles. The molecule has 0 N–H and O–H groups in total. The molecule has 32 heavy (non-hydrogen) atoms. The monoisotopic (exact) mass is 430 g/mol. The predicted octanol–water partition coefficient (Wildman–Crippen LogP) is 3.72. The average Bonchev–Trinajstić information content (AvgIpc) is 3.49. The summed E-state index contributed by atoms with van der Waals surface area (Å²) in [6.07, 6.45) is 2.38. The Morgan fingerprint density at radius 2 is 2.00 bits per heavy atom. The first-order chi connectivity index (χ1) is 15.7. The molecule has 1 fully saturated rings. The molecule has 0 radical (unpaired) electrons. The van der Waals surface area contributed by atoms with Crippen molar-refractivity contribution in [2.75, 3.05) is 20.2 Å². The van der Waals surface area contributed by atoms with Crippen molar-refractivity contribution in [3.05, 3.63) is 72.4 Å². The summed E-state index contributed by atoms with van der Waals surface area (Å²) in [5.41, 5.74) is 1.31. The lowest BCUT2D eigenvalue weighted by Gasteiger charge is -2.18. The van der Waals surface area contributed by atoms with E-state index in [1.54, 1.807) is 13.3 Å². The lowest BCUT2D eigenvalue weighted by Crippen LogP contribution is -2.31. The van der Waals surface area contributed by atoms with Gasteiger partial charge in [-0.1, -0.05) is 29.4 Å². The first-order valence-electron chi connectivity index (χ1n) is 10.4. The first-order valence-corrected chi connectivity index (χ1v) is 10.4. The van der Waals surface area contributed by atoms with Gasteiger partial charge >= 0.3 is 0 Å². The topological polar surface area (TPSA) is 90.6 Å². The molecule has 1 amide bonds. The van der Waals surface area contributed by atoms with E-state index in [4.69, 9.17) is 14.0 Å². The number of ether oxygens (including phenoxy) is 2. The normalized spacial score (nSPS) is 15.9. The van der Waals surface area contributed by atoms with E-state index in [9.17, 15) is 4.79 Å². The fourth-order valence-electron chi connectivity index (χ4n) is 3.88. The van der Waals surface area contributed by atoms with E-state index in [0.29, 0.717) is 30.5 Å². The van der Waals surface area contributed by atoms with E-state index >= 15 is 0 Å². The number of pyridine rings is 1. The summed E-state index contributed by atoms with van der Waals surface area (Å²) >= 11 is 0. The van der Waals surface area contributed by atoms with Gasteiger partial charge in [0, 0.05) is 37.2 Å². The molecule has 1 unspecified atom stereocenters. The number of aromatic nitrogens is 3. The summed E-state index contributed by atoms with van der Waals surface area (Å²) < 4.78 is 16.2. The first kappa shape index (κ1) is 20.1. The largest absolute Gasteiger partial charge is 0.489 e. The van der Waals surface area contributed by atoms with Gasteiger partial charge in [0.05, 0.1) is 6.54 Å². The number of likely N-dealkylation sites (tertiary alicyclic amines) is 1. The summed E-state index contributed by atoms with van der Waals surface area (Å²) in [5.74, 6) is 1.60. The van der Waals surface area contributed by atoms with Crippen LogP contribution in [-0.2, 0) is 11.3 Å². The van der Waals surface area contributed by atoms with Crippen molar-refractivity contribution in [3.8, 4) is 17.1 Å². The van der Waals surface area contributed by atoms with Crippen LogP contribution >= 0.6 is 0 Å².